The van der Waals surface area contributed by atoms with Crippen molar-refractivity contribution in [2.45, 2.75) is 6.42 Å². The molecule has 1 aliphatic rings. The van der Waals surface area contributed by atoms with E-state index in [4.69, 9.17) is 0 Å². The summed E-state index contributed by atoms with van der Waals surface area (Å²) in [4.78, 5) is 8.85. The van der Waals surface area contributed by atoms with Gasteiger partial charge in [0.2, 0.25) is 0 Å². The van der Waals surface area contributed by atoms with Gasteiger partial charge in [0.15, 0.2) is 12.7 Å². The van der Waals surface area contributed by atoms with Crippen molar-refractivity contribution in [3.63, 3.8) is 0 Å². The van der Waals surface area contributed by atoms with Crippen molar-refractivity contribution < 1.29 is 4.58 Å². The van der Waals surface area contributed by atoms with Crippen LogP contribution in [0.15, 0.2) is 127 Å². The number of allylic oxidation sites excluding steroid dienone is 6. The average molecular weight is 672 g/mol. The molecule has 4 aromatic rings. The Morgan fingerprint density at radius 3 is 2.02 bits per heavy atom. The Kier molecular flexibility index (Phi) is 13.0. The third-order valence-corrected chi connectivity index (χ3v) is 10.7. The first-order valence-electron chi connectivity index (χ1n) is 16.5. The summed E-state index contributed by atoms with van der Waals surface area (Å²) >= 11 is 0. The molecule has 1 heterocycles. The molecule has 246 valence electrons. The van der Waals surface area contributed by atoms with Crippen LogP contribution in [0.1, 0.15) is 17.5 Å². The fraction of sp³-hybridized carbons (Fsp3) is 0.238. The van der Waals surface area contributed by atoms with Crippen molar-refractivity contribution in [2.75, 3.05) is 62.6 Å². The lowest BCUT2D eigenvalue weighted by Crippen LogP contribution is -2.15. The van der Waals surface area contributed by atoms with Gasteiger partial charge >= 0.3 is 0 Å². The second kappa shape index (κ2) is 17.8. The van der Waals surface area contributed by atoms with E-state index in [0.717, 1.165) is 36.6 Å². The fourth-order valence-electron chi connectivity index (χ4n) is 5.38. The third kappa shape index (κ3) is 10.4. The molecule has 1 aliphatic heterocycles. The number of fused-ring (bicyclic) bond motifs is 2. The van der Waals surface area contributed by atoms with Crippen LogP contribution in [-0.4, -0.2) is 69.8 Å². The van der Waals surface area contributed by atoms with Crippen LogP contribution >= 0.6 is 21.6 Å². The minimum atomic E-state index is 0.440. The minimum absolute atomic E-state index is 0.440. The van der Waals surface area contributed by atoms with Crippen LogP contribution in [0.3, 0.4) is 0 Å². The number of rotatable bonds is 15. The van der Waals surface area contributed by atoms with E-state index in [-0.39, 0.29) is 0 Å². The maximum Gasteiger partial charge on any atom is 0.165 e. The highest BCUT2D eigenvalue weighted by Gasteiger charge is 2.11. The molecule has 0 saturated carbocycles. The number of anilines is 2. The van der Waals surface area contributed by atoms with Crippen LogP contribution in [0.25, 0.3) is 33.7 Å². The maximum absolute atomic E-state index is 4.58. The maximum atomic E-state index is 4.58. The van der Waals surface area contributed by atoms with Gasteiger partial charge in [-0.25, -0.2) is 4.58 Å². The van der Waals surface area contributed by atoms with Gasteiger partial charge in [-0.3, -0.25) is 4.99 Å². The molecule has 5 rings (SSSR count). The molecule has 0 saturated heterocycles. The summed E-state index contributed by atoms with van der Waals surface area (Å²) in [6.07, 6.45) is 22.5. The number of hydrogen-bond acceptors (Lipinski definition) is 5. The zero-order chi connectivity index (χ0) is 33.7. The Labute approximate surface area is 295 Å². The number of benzene rings is 4. The van der Waals surface area contributed by atoms with E-state index in [1.54, 1.807) is 0 Å². The monoisotopic (exact) mass is 671 g/mol. The summed E-state index contributed by atoms with van der Waals surface area (Å²) in [5.74, 6) is 2.52. The van der Waals surface area contributed by atoms with Crippen LogP contribution in [0.4, 0.5) is 11.4 Å². The summed E-state index contributed by atoms with van der Waals surface area (Å²) < 4.78 is 2.32. The first-order chi connectivity index (χ1) is 23.4. The molecule has 0 amide bonds. The Morgan fingerprint density at radius 2 is 1.42 bits per heavy atom. The van der Waals surface area contributed by atoms with Crippen molar-refractivity contribution >= 4 is 79.1 Å². The van der Waals surface area contributed by atoms with Gasteiger partial charge in [-0.15, -0.1) is 0 Å². The first kappa shape index (κ1) is 35.1. The van der Waals surface area contributed by atoms with E-state index in [1.807, 2.05) is 40.0 Å². The Hall–Kier alpha value is -4.26. The largest absolute Gasteiger partial charge is 0.378 e. The predicted molar refractivity (Wildman–Crippen MR) is 220 cm³/mol. The van der Waals surface area contributed by atoms with Crippen LogP contribution in [-0.2, 0) is 0 Å². The third-order valence-electron chi connectivity index (χ3n) is 8.30. The number of aliphatic imine (C=N–C) groups is 1. The standard InChI is InChI=1S/C42H47N4S2/c1-6-33(7-9-35-11-13-39-31-41(44(2)3)17-15-37(39)29-35)19-22-43-23-27-47-48-28-26-46-24-20-34(21-25-46)8-10-36-12-14-40-32-42(45(4)5)18-16-38(40)30-36/h6-20,22,24-25,29-32,34H,1,21,23,26-28H2,2-5H3/q+1. The highest BCUT2D eigenvalue weighted by molar-refractivity contribution is 8.76. The molecule has 1 atom stereocenters. The first-order valence-corrected chi connectivity index (χ1v) is 19.0. The molecule has 0 spiro atoms. The van der Waals surface area contributed by atoms with Gasteiger partial charge in [0, 0.05) is 70.4 Å². The van der Waals surface area contributed by atoms with Crippen molar-refractivity contribution in [1.82, 2.24) is 0 Å². The predicted octanol–water partition coefficient (Wildman–Crippen LogP) is 10.0. The Morgan fingerprint density at radius 1 is 0.812 bits per heavy atom. The zero-order valence-corrected chi connectivity index (χ0v) is 30.3. The van der Waals surface area contributed by atoms with Gasteiger partial charge in [-0.05, 0) is 86.8 Å². The molecular weight excluding hydrogens is 625 g/mol. The lowest BCUT2D eigenvalue weighted by Gasteiger charge is -2.13. The zero-order valence-electron chi connectivity index (χ0n) is 28.6. The van der Waals surface area contributed by atoms with E-state index in [9.17, 15) is 0 Å². The van der Waals surface area contributed by atoms with Gasteiger partial charge < -0.3 is 9.80 Å². The summed E-state index contributed by atoms with van der Waals surface area (Å²) in [6.45, 7) is 5.80. The second-order valence-electron chi connectivity index (χ2n) is 12.3. The van der Waals surface area contributed by atoms with E-state index < -0.39 is 0 Å². The quantitative estimate of drug-likeness (QED) is 0.0412. The van der Waals surface area contributed by atoms with Crippen molar-refractivity contribution in [3.05, 3.63) is 133 Å². The SMILES string of the molecule is C=CC(C=Cc1ccc2cc(N(C)C)ccc2c1)=CC=NCCSSCC[N+]1=CCC(C=Cc2ccc3cc(N(C)C)ccc3c2)C=C1. The molecule has 0 radical (unpaired) electrons. The Balaban J connectivity index is 0.972. The van der Waals surface area contributed by atoms with Crippen LogP contribution in [0.2, 0.25) is 0 Å². The molecule has 0 N–H and O–H groups in total. The molecule has 0 aliphatic carbocycles. The smallest absolute Gasteiger partial charge is 0.165 e. The second-order valence-corrected chi connectivity index (χ2v) is 15.0. The lowest BCUT2D eigenvalue weighted by molar-refractivity contribution is -0.449. The van der Waals surface area contributed by atoms with E-state index >= 15 is 0 Å². The molecule has 0 bridgehead atoms. The number of nitrogens with zero attached hydrogens (tertiary/aromatic N) is 4. The normalized spacial score (nSPS) is 15.3. The van der Waals surface area contributed by atoms with Gasteiger partial charge in [0.05, 0.1) is 5.75 Å². The van der Waals surface area contributed by atoms with Gasteiger partial charge in [0.1, 0.15) is 6.21 Å². The average Bonchev–Trinajstić information content (AvgIpc) is 3.11. The van der Waals surface area contributed by atoms with Crippen molar-refractivity contribution in [2.24, 2.45) is 10.9 Å². The van der Waals surface area contributed by atoms with Gasteiger partial charge in [-0.2, -0.15) is 0 Å². The van der Waals surface area contributed by atoms with Crippen LogP contribution < -0.4 is 9.80 Å². The fourth-order valence-corrected chi connectivity index (χ4v) is 7.23. The van der Waals surface area contributed by atoms with Crippen molar-refractivity contribution in [3.8, 4) is 0 Å². The van der Waals surface area contributed by atoms with Gasteiger partial charge in [0.25, 0.3) is 0 Å². The summed E-state index contributed by atoms with van der Waals surface area (Å²) in [7, 11) is 12.1. The molecule has 6 heteroatoms. The molecule has 48 heavy (non-hydrogen) atoms. The van der Waals surface area contributed by atoms with E-state index in [0.29, 0.717) is 5.92 Å². The topological polar surface area (TPSA) is 21.9 Å². The summed E-state index contributed by atoms with van der Waals surface area (Å²) in [6, 6.07) is 26.5. The van der Waals surface area contributed by atoms with Crippen LogP contribution in [0, 0.1) is 5.92 Å². The highest BCUT2D eigenvalue weighted by Crippen LogP contribution is 2.25. The van der Waals surface area contributed by atoms with Crippen LogP contribution in [0.5, 0.6) is 0 Å². The van der Waals surface area contributed by atoms with Gasteiger partial charge in [-0.1, -0.05) is 94.9 Å². The minimum Gasteiger partial charge on any atom is -0.378 e. The summed E-state index contributed by atoms with van der Waals surface area (Å²) in [5.41, 5.74) is 5.90. The van der Waals surface area contributed by atoms with E-state index in [1.165, 1.54) is 44.0 Å². The highest BCUT2D eigenvalue weighted by atomic mass is 33.1. The number of hydrogen-bond donors (Lipinski definition) is 0. The molecule has 0 fully saturated rings. The molecule has 4 aromatic carbocycles. The lowest BCUT2D eigenvalue weighted by atomic mass is 10.0. The van der Waals surface area contributed by atoms with E-state index in [2.05, 4.69) is 170 Å². The summed E-state index contributed by atoms with van der Waals surface area (Å²) in [5, 5.41) is 5.04. The molecule has 0 aromatic heterocycles. The molecular formula is C42H47N4S2+. The molecule has 4 nitrogen and oxygen atoms in total. The molecule has 1 unspecified atom stereocenters. The Bertz CT molecular complexity index is 1890. The van der Waals surface area contributed by atoms with Crippen molar-refractivity contribution in [1.29, 1.82) is 0 Å².